The summed E-state index contributed by atoms with van der Waals surface area (Å²) in [5.74, 6) is 0.703. The van der Waals surface area contributed by atoms with E-state index in [4.69, 9.17) is 9.97 Å². The van der Waals surface area contributed by atoms with Crippen molar-refractivity contribution in [1.82, 2.24) is 19.1 Å². The molecule has 7 aromatic carbocycles. The number of nitrogens with zero attached hydrogens (tertiary/aromatic N) is 4. The first kappa shape index (κ1) is 28.3. The van der Waals surface area contributed by atoms with Gasteiger partial charge in [0.2, 0.25) is 0 Å². The summed E-state index contributed by atoms with van der Waals surface area (Å²) in [6.45, 7) is 0. The van der Waals surface area contributed by atoms with Crippen LogP contribution in [0.5, 0.6) is 0 Å². The molecule has 0 bridgehead atoms. The summed E-state index contributed by atoms with van der Waals surface area (Å²) in [4.78, 5) is 10.1. The second-order valence-electron chi connectivity index (χ2n) is 12.6. The molecule has 10 rings (SSSR count). The Kier molecular flexibility index (Phi) is 6.46. The summed E-state index contributed by atoms with van der Waals surface area (Å²) < 4.78 is 4.78. The number of aromatic nitrogens is 4. The maximum atomic E-state index is 5.06. The van der Waals surface area contributed by atoms with Crippen LogP contribution in [0.4, 0.5) is 0 Å². The molecule has 0 aliphatic rings. The predicted molar refractivity (Wildman–Crippen MR) is 207 cm³/mol. The lowest BCUT2D eigenvalue weighted by molar-refractivity contribution is 1.16. The van der Waals surface area contributed by atoms with Crippen LogP contribution < -0.4 is 0 Å². The van der Waals surface area contributed by atoms with E-state index in [0.717, 1.165) is 39.5 Å². The summed E-state index contributed by atoms with van der Waals surface area (Å²) in [6, 6.07) is 64.1. The molecule has 0 atom stereocenters. The standard InChI is InChI=1S/C46H30N4/c1-4-14-31(15-5-1)38-30-39(32-16-6-2-7-17-32)48-46(47-38)33-24-26-35(27-25-33)50-41-23-13-11-21-37(41)45-43(50)29-28-42-44(45)36-20-10-12-22-40(36)49(42)34-18-8-3-9-19-34/h1-30H. The molecule has 0 saturated carbocycles. The van der Waals surface area contributed by atoms with Crippen molar-refractivity contribution >= 4 is 43.6 Å². The highest BCUT2D eigenvalue weighted by Crippen LogP contribution is 2.42. The van der Waals surface area contributed by atoms with Gasteiger partial charge in [-0.3, -0.25) is 0 Å². The number of hydrogen-bond donors (Lipinski definition) is 0. The van der Waals surface area contributed by atoms with Gasteiger partial charge in [-0.1, -0.05) is 115 Å². The lowest BCUT2D eigenvalue weighted by Gasteiger charge is -2.11. The zero-order valence-corrected chi connectivity index (χ0v) is 27.1. The first-order valence-electron chi connectivity index (χ1n) is 16.9. The maximum Gasteiger partial charge on any atom is 0.160 e. The Balaban J connectivity index is 1.16. The summed E-state index contributed by atoms with van der Waals surface area (Å²) in [5.41, 5.74) is 11.9. The van der Waals surface area contributed by atoms with E-state index >= 15 is 0 Å². The van der Waals surface area contributed by atoms with Crippen molar-refractivity contribution in [1.29, 1.82) is 0 Å². The molecule has 234 valence electrons. The monoisotopic (exact) mass is 638 g/mol. The van der Waals surface area contributed by atoms with Crippen LogP contribution in [0.15, 0.2) is 182 Å². The molecular formula is C46H30N4. The Hall–Kier alpha value is -6.78. The van der Waals surface area contributed by atoms with Gasteiger partial charge >= 0.3 is 0 Å². The van der Waals surface area contributed by atoms with E-state index in [1.54, 1.807) is 0 Å². The maximum absolute atomic E-state index is 5.06. The van der Waals surface area contributed by atoms with Crippen molar-refractivity contribution in [2.75, 3.05) is 0 Å². The average Bonchev–Trinajstić information content (AvgIpc) is 3.72. The molecule has 0 aliphatic heterocycles. The van der Waals surface area contributed by atoms with E-state index in [9.17, 15) is 0 Å². The fraction of sp³-hybridized carbons (Fsp3) is 0. The average molecular weight is 639 g/mol. The third-order valence-electron chi connectivity index (χ3n) is 9.74. The molecule has 50 heavy (non-hydrogen) atoms. The van der Waals surface area contributed by atoms with Crippen LogP contribution >= 0.6 is 0 Å². The first-order valence-corrected chi connectivity index (χ1v) is 16.9. The smallest absolute Gasteiger partial charge is 0.160 e. The van der Waals surface area contributed by atoms with Crippen molar-refractivity contribution in [3.05, 3.63) is 182 Å². The van der Waals surface area contributed by atoms with Gasteiger partial charge in [0.25, 0.3) is 0 Å². The van der Waals surface area contributed by atoms with E-state index in [-0.39, 0.29) is 0 Å². The topological polar surface area (TPSA) is 35.6 Å². The Labute approximate surface area is 289 Å². The molecular weight excluding hydrogens is 609 g/mol. The first-order chi connectivity index (χ1) is 24.8. The molecule has 3 heterocycles. The third-order valence-corrected chi connectivity index (χ3v) is 9.74. The largest absolute Gasteiger partial charge is 0.309 e. The highest BCUT2D eigenvalue weighted by molar-refractivity contribution is 6.28. The van der Waals surface area contributed by atoms with Crippen LogP contribution in [0.25, 0.3) is 88.9 Å². The number of para-hydroxylation sites is 3. The quantitative estimate of drug-likeness (QED) is 0.188. The minimum atomic E-state index is 0.703. The Morgan fingerprint density at radius 1 is 0.320 bits per heavy atom. The number of hydrogen-bond acceptors (Lipinski definition) is 2. The molecule has 0 aliphatic carbocycles. The number of benzene rings is 7. The van der Waals surface area contributed by atoms with Gasteiger partial charge in [0.1, 0.15) is 0 Å². The van der Waals surface area contributed by atoms with Crippen molar-refractivity contribution in [3.8, 4) is 45.3 Å². The van der Waals surface area contributed by atoms with Gasteiger partial charge in [-0.05, 0) is 66.7 Å². The van der Waals surface area contributed by atoms with Crippen molar-refractivity contribution in [2.45, 2.75) is 0 Å². The molecule has 0 spiro atoms. The third kappa shape index (κ3) is 4.46. The Morgan fingerprint density at radius 3 is 1.24 bits per heavy atom. The zero-order valence-electron chi connectivity index (χ0n) is 27.1. The Bertz CT molecular complexity index is 2770. The molecule has 10 aromatic rings. The number of rotatable bonds is 5. The van der Waals surface area contributed by atoms with Gasteiger partial charge < -0.3 is 9.13 Å². The van der Waals surface area contributed by atoms with Crippen LogP contribution in [0.2, 0.25) is 0 Å². The molecule has 0 saturated heterocycles. The molecule has 0 fully saturated rings. The summed E-state index contributed by atoms with van der Waals surface area (Å²) in [6.07, 6.45) is 0. The molecule has 0 unspecified atom stereocenters. The fourth-order valence-corrected chi connectivity index (χ4v) is 7.50. The van der Waals surface area contributed by atoms with Crippen molar-refractivity contribution in [2.24, 2.45) is 0 Å². The highest BCUT2D eigenvalue weighted by Gasteiger charge is 2.20. The van der Waals surface area contributed by atoms with Crippen LogP contribution in [0.3, 0.4) is 0 Å². The molecule has 0 amide bonds. The van der Waals surface area contributed by atoms with E-state index < -0.39 is 0 Å². The summed E-state index contributed by atoms with van der Waals surface area (Å²) in [5, 5.41) is 5.02. The lowest BCUT2D eigenvalue weighted by atomic mass is 10.1. The van der Waals surface area contributed by atoms with E-state index in [1.807, 2.05) is 36.4 Å². The second kappa shape index (κ2) is 11.4. The Morgan fingerprint density at radius 2 is 0.740 bits per heavy atom. The normalized spacial score (nSPS) is 11.6. The van der Waals surface area contributed by atoms with Gasteiger partial charge in [-0.15, -0.1) is 0 Å². The number of fused-ring (bicyclic) bond motifs is 7. The predicted octanol–water partition coefficient (Wildman–Crippen LogP) is 11.7. The van der Waals surface area contributed by atoms with Gasteiger partial charge in [-0.2, -0.15) is 0 Å². The van der Waals surface area contributed by atoms with Gasteiger partial charge in [0.15, 0.2) is 5.82 Å². The molecule has 4 nitrogen and oxygen atoms in total. The van der Waals surface area contributed by atoms with E-state index in [0.29, 0.717) is 5.82 Å². The summed E-state index contributed by atoms with van der Waals surface area (Å²) >= 11 is 0. The highest BCUT2D eigenvalue weighted by atomic mass is 15.0. The molecule has 4 heteroatoms. The molecule has 3 aromatic heterocycles. The van der Waals surface area contributed by atoms with Gasteiger partial charge in [0.05, 0.1) is 33.5 Å². The lowest BCUT2D eigenvalue weighted by Crippen LogP contribution is -1.97. The minimum Gasteiger partial charge on any atom is -0.309 e. The van der Waals surface area contributed by atoms with Crippen LogP contribution in [0.1, 0.15) is 0 Å². The zero-order chi connectivity index (χ0) is 33.0. The van der Waals surface area contributed by atoms with Crippen LogP contribution in [0, 0.1) is 0 Å². The second-order valence-corrected chi connectivity index (χ2v) is 12.6. The van der Waals surface area contributed by atoms with Crippen molar-refractivity contribution in [3.63, 3.8) is 0 Å². The van der Waals surface area contributed by atoms with Crippen molar-refractivity contribution < 1.29 is 0 Å². The van der Waals surface area contributed by atoms with Crippen LogP contribution in [-0.4, -0.2) is 19.1 Å². The summed E-state index contributed by atoms with van der Waals surface area (Å²) in [7, 11) is 0. The minimum absolute atomic E-state index is 0.703. The van der Waals surface area contributed by atoms with Gasteiger partial charge in [-0.25, -0.2) is 9.97 Å². The van der Waals surface area contributed by atoms with E-state index in [2.05, 4.69) is 155 Å². The molecule has 0 N–H and O–H groups in total. The van der Waals surface area contributed by atoms with Gasteiger partial charge in [0, 0.05) is 49.6 Å². The van der Waals surface area contributed by atoms with Crippen LogP contribution in [-0.2, 0) is 0 Å². The van der Waals surface area contributed by atoms with E-state index in [1.165, 1.54) is 43.6 Å². The molecule has 0 radical (unpaired) electrons. The fourth-order valence-electron chi connectivity index (χ4n) is 7.50. The SMILES string of the molecule is c1ccc(-c2cc(-c3ccccc3)nc(-c3ccc(-n4c5ccccc5c5c6c7ccccc7n(-c7ccccc7)c6ccc54)cc3)n2)cc1.